The van der Waals surface area contributed by atoms with Crippen LogP contribution in [-0.4, -0.2) is 29.1 Å². The summed E-state index contributed by atoms with van der Waals surface area (Å²) in [5, 5.41) is 17.6. The van der Waals surface area contributed by atoms with Crippen LogP contribution in [0.5, 0.6) is 0 Å². The lowest BCUT2D eigenvalue weighted by molar-refractivity contribution is -0.150. The van der Waals surface area contributed by atoms with Gasteiger partial charge in [0.1, 0.15) is 0 Å². The van der Waals surface area contributed by atoms with E-state index in [4.69, 9.17) is 10.2 Å². The highest BCUT2D eigenvalue weighted by molar-refractivity contribution is 5.69. The first kappa shape index (κ1) is 11.4. The van der Waals surface area contributed by atoms with Crippen molar-refractivity contribution in [1.82, 2.24) is 0 Å². The zero-order valence-electron chi connectivity index (χ0n) is 7.49. The molecule has 0 heterocycles. The smallest absolute Gasteiger partial charge is 0.306 e. The first-order chi connectivity index (χ1) is 5.61. The van der Waals surface area contributed by atoms with Crippen molar-refractivity contribution in [1.29, 1.82) is 0 Å². The molecule has 4 nitrogen and oxygen atoms in total. The van der Waals surface area contributed by atoms with Gasteiger partial charge in [0, 0.05) is 5.92 Å². The Morgan fingerprint density at radius 3 is 2.33 bits per heavy atom. The third-order valence-electron chi connectivity index (χ3n) is 1.68. The molecule has 0 spiro atoms. The van der Waals surface area contributed by atoms with Gasteiger partial charge in [-0.05, 0) is 13.3 Å². The molecule has 0 amide bonds. The average molecular weight is 176 g/mol. The Morgan fingerprint density at radius 2 is 2.00 bits per heavy atom. The number of aliphatic hydroxyl groups excluding tert-OH is 1. The molecule has 0 aromatic carbocycles. The molecule has 0 rings (SSSR count). The van der Waals surface area contributed by atoms with Crippen LogP contribution in [0.3, 0.4) is 0 Å². The van der Waals surface area contributed by atoms with Gasteiger partial charge >= 0.3 is 5.97 Å². The van der Waals surface area contributed by atoms with Crippen molar-refractivity contribution in [3.05, 3.63) is 0 Å². The van der Waals surface area contributed by atoms with Crippen molar-refractivity contribution >= 4 is 5.97 Å². The fourth-order valence-corrected chi connectivity index (χ4v) is 0.895. The van der Waals surface area contributed by atoms with Crippen molar-refractivity contribution < 1.29 is 19.7 Å². The lowest BCUT2D eigenvalue weighted by Gasteiger charge is -2.15. The van der Waals surface area contributed by atoms with Crippen molar-refractivity contribution in [3.8, 4) is 0 Å². The van der Waals surface area contributed by atoms with E-state index < -0.39 is 12.2 Å². The lowest BCUT2D eigenvalue weighted by atomic mass is 10.0. The number of aliphatic hydroxyl groups is 2. The van der Waals surface area contributed by atoms with E-state index in [1.54, 1.807) is 13.8 Å². The molecule has 4 heteroatoms. The zero-order valence-corrected chi connectivity index (χ0v) is 7.49. The fourth-order valence-electron chi connectivity index (χ4n) is 0.895. The van der Waals surface area contributed by atoms with Gasteiger partial charge in [-0.2, -0.15) is 0 Å². The molecular formula is C8H16O4. The summed E-state index contributed by atoms with van der Waals surface area (Å²) in [7, 11) is 0. The molecule has 0 bridgehead atoms. The van der Waals surface area contributed by atoms with E-state index >= 15 is 0 Å². The quantitative estimate of drug-likeness (QED) is 0.466. The predicted octanol–water partition coefficient (Wildman–Crippen LogP) is 0.277. The Morgan fingerprint density at radius 1 is 1.42 bits per heavy atom. The molecule has 72 valence electrons. The molecule has 12 heavy (non-hydrogen) atoms. The minimum Gasteiger partial charge on any atom is -0.466 e. The van der Waals surface area contributed by atoms with E-state index in [0.29, 0.717) is 13.0 Å². The minimum absolute atomic E-state index is 0.0714. The van der Waals surface area contributed by atoms with Crippen LogP contribution < -0.4 is 0 Å². The third-order valence-corrected chi connectivity index (χ3v) is 1.68. The van der Waals surface area contributed by atoms with Gasteiger partial charge in [0.05, 0.1) is 13.0 Å². The molecule has 0 radical (unpaired) electrons. The molecule has 0 aliphatic heterocycles. The van der Waals surface area contributed by atoms with E-state index in [-0.39, 0.29) is 12.4 Å². The highest BCUT2D eigenvalue weighted by atomic mass is 16.5. The molecule has 0 aromatic rings. The van der Waals surface area contributed by atoms with Gasteiger partial charge in [-0.1, -0.05) is 6.92 Å². The molecule has 0 aliphatic rings. The van der Waals surface area contributed by atoms with E-state index in [1.807, 2.05) is 0 Å². The number of carbonyl (C=O) groups is 1. The largest absolute Gasteiger partial charge is 0.466 e. The SMILES string of the molecule is CCOC(=O)CC(CC)C(O)O. The van der Waals surface area contributed by atoms with Crippen molar-refractivity contribution in [2.45, 2.75) is 33.0 Å². The van der Waals surface area contributed by atoms with E-state index in [9.17, 15) is 4.79 Å². The second-order valence-corrected chi connectivity index (χ2v) is 2.59. The molecular weight excluding hydrogens is 160 g/mol. The maximum atomic E-state index is 10.9. The summed E-state index contributed by atoms with van der Waals surface area (Å²) in [5.74, 6) is -0.790. The van der Waals surface area contributed by atoms with Crippen LogP contribution in [0.4, 0.5) is 0 Å². The monoisotopic (exact) mass is 176 g/mol. The van der Waals surface area contributed by atoms with Gasteiger partial charge in [0.15, 0.2) is 6.29 Å². The molecule has 0 aliphatic carbocycles. The number of hydrogen-bond donors (Lipinski definition) is 2. The Labute approximate surface area is 72.2 Å². The van der Waals surface area contributed by atoms with Gasteiger partial charge in [-0.3, -0.25) is 4.79 Å². The lowest BCUT2D eigenvalue weighted by Crippen LogP contribution is -2.23. The molecule has 1 atom stereocenters. The number of hydrogen-bond acceptors (Lipinski definition) is 4. The van der Waals surface area contributed by atoms with Crippen molar-refractivity contribution in [2.75, 3.05) is 6.61 Å². The number of carbonyl (C=O) groups excluding carboxylic acids is 1. The highest BCUT2D eigenvalue weighted by Gasteiger charge is 2.18. The summed E-state index contributed by atoms with van der Waals surface area (Å²) in [4.78, 5) is 10.9. The van der Waals surface area contributed by atoms with Gasteiger partial charge < -0.3 is 14.9 Å². The number of ether oxygens (including phenoxy) is 1. The van der Waals surface area contributed by atoms with Crippen molar-refractivity contribution in [3.63, 3.8) is 0 Å². The molecule has 0 aromatic heterocycles. The summed E-state index contributed by atoms with van der Waals surface area (Å²) < 4.78 is 4.66. The zero-order chi connectivity index (χ0) is 9.56. The van der Waals surface area contributed by atoms with E-state index in [2.05, 4.69) is 4.74 Å². The Bertz CT molecular complexity index is 133. The molecule has 0 fully saturated rings. The van der Waals surface area contributed by atoms with Gasteiger partial charge in [0.2, 0.25) is 0 Å². The molecule has 0 saturated carbocycles. The maximum absolute atomic E-state index is 10.9. The standard InChI is InChI=1S/C8H16O4/c1-3-6(8(10)11)5-7(9)12-4-2/h6,8,10-11H,3-5H2,1-2H3. The molecule has 2 N–H and O–H groups in total. The van der Waals surface area contributed by atoms with Crippen LogP contribution in [0, 0.1) is 5.92 Å². The fraction of sp³-hybridized carbons (Fsp3) is 0.875. The summed E-state index contributed by atoms with van der Waals surface area (Å²) in [6.07, 6.45) is -0.808. The van der Waals surface area contributed by atoms with Gasteiger partial charge in [-0.15, -0.1) is 0 Å². The van der Waals surface area contributed by atoms with Crippen LogP contribution in [0.25, 0.3) is 0 Å². The minimum atomic E-state index is -1.43. The van der Waals surface area contributed by atoms with E-state index in [1.165, 1.54) is 0 Å². The van der Waals surface area contributed by atoms with Crippen molar-refractivity contribution in [2.24, 2.45) is 5.92 Å². The van der Waals surface area contributed by atoms with Crippen LogP contribution in [0.1, 0.15) is 26.7 Å². The summed E-state index contributed by atoms with van der Waals surface area (Å²) in [6.45, 7) is 3.84. The number of esters is 1. The first-order valence-corrected chi connectivity index (χ1v) is 4.13. The van der Waals surface area contributed by atoms with E-state index in [0.717, 1.165) is 0 Å². The third kappa shape index (κ3) is 4.31. The second-order valence-electron chi connectivity index (χ2n) is 2.59. The molecule has 0 saturated heterocycles. The van der Waals surface area contributed by atoms with Gasteiger partial charge in [-0.25, -0.2) is 0 Å². The summed E-state index contributed by atoms with van der Waals surface area (Å²) in [5.41, 5.74) is 0. The Balaban J connectivity index is 3.77. The highest BCUT2D eigenvalue weighted by Crippen LogP contribution is 2.12. The van der Waals surface area contributed by atoms with Crippen LogP contribution in [-0.2, 0) is 9.53 Å². The topological polar surface area (TPSA) is 66.8 Å². The molecule has 1 unspecified atom stereocenters. The van der Waals surface area contributed by atoms with Crippen LogP contribution in [0.2, 0.25) is 0 Å². The summed E-state index contributed by atoms with van der Waals surface area (Å²) in [6, 6.07) is 0. The second kappa shape index (κ2) is 5.97. The summed E-state index contributed by atoms with van der Waals surface area (Å²) >= 11 is 0. The maximum Gasteiger partial charge on any atom is 0.306 e. The van der Waals surface area contributed by atoms with Crippen LogP contribution >= 0.6 is 0 Å². The average Bonchev–Trinajstić information content (AvgIpc) is 2.00. The van der Waals surface area contributed by atoms with Gasteiger partial charge in [0.25, 0.3) is 0 Å². The number of rotatable bonds is 5. The van der Waals surface area contributed by atoms with Crippen LogP contribution in [0.15, 0.2) is 0 Å². The first-order valence-electron chi connectivity index (χ1n) is 4.13. The Kier molecular flexibility index (Phi) is 5.66. The Hall–Kier alpha value is -0.610. The normalized spacial score (nSPS) is 13.1. The predicted molar refractivity (Wildman–Crippen MR) is 43.3 cm³/mol.